The van der Waals surface area contributed by atoms with Crippen molar-refractivity contribution in [1.29, 1.82) is 0 Å². The molecule has 19 heavy (non-hydrogen) atoms. The summed E-state index contributed by atoms with van der Waals surface area (Å²) < 4.78 is 13.4. The van der Waals surface area contributed by atoms with E-state index in [9.17, 15) is 0 Å². The molecule has 2 aromatic heterocycles. The first-order chi connectivity index (χ1) is 8.91. The van der Waals surface area contributed by atoms with Gasteiger partial charge in [-0.15, -0.1) is 11.3 Å². The zero-order valence-electron chi connectivity index (χ0n) is 11.6. The van der Waals surface area contributed by atoms with E-state index in [1.54, 1.807) is 22.7 Å². The van der Waals surface area contributed by atoms with Gasteiger partial charge in [-0.3, -0.25) is 0 Å². The third kappa shape index (κ3) is 2.19. The zero-order chi connectivity index (χ0) is 13.7. The quantitative estimate of drug-likeness (QED) is 0.784. The van der Waals surface area contributed by atoms with E-state index in [4.69, 9.17) is 9.31 Å². The van der Waals surface area contributed by atoms with Crippen LogP contribution in [0.5, 0.6) is 0 Å². The monoisotopic (exact) mass is 292 g/mol. The van der Waals surface area contributed by atoms with Crippen molar-refractivity contribution in [3.8, 4) is 10.4 Å². The van der Waals surface area contributed by atoms with Crippen LogP contribution in [0.3, 0.4) is 0 Å². The average Bonchev–Trinajstić information content (AvgIpc) is 3.00. The van der Waals surface area contributed by atoms with Gasteiger partial charge in [-0.25, -0.2) is 0 Å². The van der Waals surface area contributed by atoms with E-state index in [-0.39, 0.29) is 18.3 Å². The number of thiophene rings is 2. The van der Waals surface area contributed by atoms with Crippen LogP contribution in [0.4, 0.5) is 0 Å². The molecule has 5 heteroatoms. The van der Waals surface area contributed by atoms with E-state index in [2.05, 4.69) is 56.7 Å². The van der Waals surface area contributed by atoms with Gasteiger partial charge in [0.25, 0.3) is 0 Å². The Labute approximate surface area is 122 Å². The van der Waals surface area contributed by atoms with Gasteiger partial charge in [0.1, 0.15) is 0 Å². The highest BCUT2D eigenvalue weighted by atomic mass is 32.1. The molecular weight excluding hydrogens is 275 g/mol. The van der Waals surface area contributed by atoms with Crippen LogP contribution in [-0.4, -0.2) is 18.3 Å². The summed E-state index contributed by atoms with van der Waals surface area (Å²) >= 11 is 3.45. The Morgan fingerprint density at radius 2 is 1.63 bits per heavy atom. The van der Waals surface area contributed by atoms with Crippen molar-refractivity contribution in [2.24, 2.45) is 0 Å². The van der Waals surface area contributed by atoms with Gasteiger partial charge >= 0.3 is 7.12 Å². The summed E-state index contributed by atoms with van der Waals surface area (Å²) in [6.07, 6.45) is 0. The molecule has 1 fully saturated rings. The molecule has 0 aliphatic carbocycles. The van der Waals surface area contributed by atoms with Gasteiger partial charge in [0.2, 0.25) is 0 Å². The first-order valence-electron chi connectivity index (χ1n) is 6.38. The lowest BCUT2D eigenvalue weighted by molar-refractivity contribution is 0.00578. The lowest BCUT2D eigenvalue weighted by Gasteiger charge is -2.32. The predicted molar refractivity (Wildman–Crippen MR) is 83.3 cm³/mol. The van der Waals surface area contributed by atoms with Gasteiger partial charge in [0.15, 0.2) is 0 Å². The molecule has 0 amide bonds. The van der Waals surface area contributed by atoms with E-state index >= 15 is 0 Å². The van der Waals surface area contributed by atoms with Gasteiger partial charge in [-0.05, 0) is 50.6 Å². The van der Waals surface area contributed by atoms with Gasteiger partial charge < -0.3 is 9.31 Å². The summed E-state index contributed by atoms with van der Waals surface area (Å²) in [5.74, 6) is 0. The van der Waals surface area contributed by atoms with Gasteiger partial charge in [0, 0.05) is 15.2 Å². The van der Waals surface area contributed by atoms with Gasteiger partial charge in [-0.2, -0.15) is 11.3 Å². The topological polar surface area (TPSA) is 18.5 Å². The standard InChI is InChI=1S/C14H17BO2S2/c1-13(2)14(3,4)17-15(16-13)12-10(7-9-19-12)11-6-5-8-18-11/h5-9H,1-4H3. The molecular formula is C14H17BO2S2. The molecule has 2 nitrogen and oxygen atoms in total. The molecule has 0 N–H and O–H groups in total. The second-order valence-corrected chi connectivity index (χ2v) is 7.66. The van der Waals surface area contributed by atoms with Gasteiger partial charge in [0.05, 0.1) is 11.2 Å². The molecule has 100 valence electrons. The highest BCUT2D eigenvalue weighted by Crippen LogP contribution is 2.38. The summed E-state index contributed by atoms with van der Waals surface area (Å²) in [5.41, 5.74) is 0.668. The Morgan fingerprint density at radius 3 is 2.21 bits per heavy atom. The Balaban J connectivity index is 1.96. The molecule has 1 saturated heterocycles. The lowest BCUT2D eigenvalue weighted by Crippen LogP contribution is -2.41. The van der Waals surface area contributed by atoms with Crippen LogP contribution in [0.2, 0.25) is 0 Å². The summed E-state index contributed by atoms with van der Waals surface area (Å²) in [5, 5.41) is 4.20. The maximum absolute atomic E-state index is 6.14. The Kier molecular flexibility index (Phi) is 3.13. The maximum atomic E-state index is 6.14. The summed E-state index contributed by atoms with van der Waals surface area (Å²) in [4.78, 5) is 1.27. The molecule has 3 rings (SSSR count). The van der Waals surface area contributed by atoms with Crippen LogP contribution in [0.25, 0.3) is 10.4 Å². The summed E-state index contributed by atoms with van der Waals surface area (Å²) in [6, 6.07) is 6.37. The van der Waals surface area contributed by atoms with E-state index in [1.807, 2.05) is 0 Å². The van der Waals surface area contributed by atoms with Crippen molar-refractivity contribution < 1.29 is 9.31 Å². The Bertz CT molecular complexity index is 556. The van der Waals surface area contributed by atoms with Gasteiger partial charge in [-0.1, -0.05) is 6.07 Å². The molecule has 0 bridgehead atoms. The highest BCUT2D eigenvalue weighted by molar-refractivity contribution is 7.22. The van der Waals surface area contributed by atoms with Crippen LogP contribution in [0.1, 0.15) is 27.7 Å². The van der Waals surface area contributed by atoms with Crippen LogP contribution in [-0.2, 0) is 9.31 Å². The third-order valence-corrected chi connectivity index (χ3v) is 5.79. The predicted octanol–water partition coefficient (Wildman–Crippen LogP) is 3.78. The van der Waals surface area contributed by atoms with Crippen LogP contribution >= 0.6 is 22.7 Å². The molecule has 2 aromatic rings. The van der Waals surface area contributed by atoms with E-state index < -0.39 is 0 Å². The van der Waals surface area contributed by atoms with E-state index in [1.165, 1.54) is 15.2 Å². The van der Waals surface area contributed by atoms with Crippen LogP contribution < -0.4 is 4.78 Å². The molecule has 0 atom stereocenters. The third-order valence-electron chi connectivity index (χ3n) is 3.95. The molecule has 1 aliphatic rings. The minimum atomic E-state index is -0.283. The van der Waals surface area contributed by atoms with Crippen molar-refractivity contribution in [3.05, 3.63) is 29.0 Å². The second kappa shape index (κ2) is 4.45. The fourth-order valence-corrected chi connectivity index (χ4v) is 3.78. The Morgan fingerprint density at radius 1 is 0.947 bits per heavy atom. The molecule has 0 saturated carbocycles. The minimum absolute atomic E-state index is 0.262. The number of hydrogen-bond donors (Lipinski definition) is 0. The van der Waals surface area contributed by atoms with Crippen molar-refractivity contribution in [2.75, 3.05) is 0 Å². The largest absolute Gasteiger partial charge is 0.506 e. The molecule has 0 radical (unpaired) electrons. The second-order valence-electron chi connectivity index (χ2n) is 5.76. The lowest BCUT2D eigenvalue weighted by atomic mass is 9.84. The zero-order valence-corrected chi connectivity index (χ0v) is 13.2. The van der Waals surface area contributed by atoms with Crippen molar-refractivity contribution in [1.82, 2.24) is 0 Å². The molecule has 0 unspecified atom stereocenters. The smallest absolute Gasteiger partial charge is 0.399 e. The normalized spacial score (nSPS) is 20.9. The number of rotatable bonds is 2. The fourth-order valence-electron chi connectivity index (χ4n) is 2.09. The Hall–Kier alpha value is -0.615. The molecule has 0 spiro atoms. The minimum Gasteiger partial charge on any atom is -0.399 e. The fraction of sp³-hybridized carbons (Fsp3) is 0.429. The van der Waals surface area contributed by atoms with Crippen molar-refractivity contribution in [3.63, 3.8) is 0 Å². The summed E-state index contributed by atoms with van der Waals surface area (Å²) in [7, 11) is -0.262. The highest BCUT2D eigenvalue weighted by Gasteiger charge is 2.52. The van der Waals surface area contributed by atoms with E-state index in [0.29, 0.717) is 0 Å². The number of hydrogen-bond acceptors (Lipinski definition) is 4. The maximum Gasteiger partial charge on any atom is 0.506 e. The first kappa shape index (κ1) is 13.4. The van der Waals surface area contributed by atoms with Crippen molar-refractivity contribution in [2.45, 2.75) is 38.9 Å². The molecule has 0 aromatic carbocycles. The summed E-state index contributed by atoms with van der Waals surface area (Å²) in [6.45, 7) is 8.35. The van der Waals surface area contributed by atoms with Crippen LogP contribution in [0, 0.1) is 0 Å². The molecule has 3 heterocycles. The van der Waals surface area contributed by atoms with Crippen molar-refractivity contribution >= 4 is 34.6 Å². The first-order valence-corrected chi connectivity index (χ1v) is 8.13. The SMILES string of the molecule is CC1(C)OB(c2sccc2-c2cccs2)OC1(C)C. The average molecular weight is 292 g/mol. The molecule has 1 aliphatic heterocycles. The van der Waals surface area contributed by atoms with E-state index in [0.717, 1.165) is 0 Å². The van der Waals surface area contributed by atoms with Crippen LogP contribution in [0.15, 0.2) is 29.0 Å².